The molecule has 0 aliphatic carbocycles. The summed E-state index contributed by atoms with van der Waals surface area (Å²) in [6.45, 7) is 0. The van der Waals surface area contributed by atoms with Gasteiger partial charge in [-0.05, 0) is 0 Å². The molecule has 0 radical (unpaired) electrons. The number of hydrogen-bond acceptors (Lipinski definition) is 4. The zero-order chi connectivity index (χ0) is 4.71. The predicted octanol–water partition coefficient (Wildman–Crippen LogP) is -0.225. The Balaban J connectivity index is -0.0000000275. The van der Waals surface area contributed by atoms with Gasteiger partial charge in [0.1, 0.15) is 0 Å². The molecule has 0 atom stereocenters. The fraction of sp³-hybridized carbons (Fsp3) is 0. The van der Waals surface area contributed by atoms with Crippen molar-refractivity contribution in [3.8, 4) is 0 Å². The Morgan fingerprint density at radius 3 is 1.17 bits per heavy atom. The van der Waals surface area contributed by atoms with Gasteiger partial charge in [0.2, 0.25) is 0 Å². The summed E-state index contributed by atoms with van der Waals surface area (Å²) in [7, 11) is 0. The third-order valence-electron chi connectivity index (χ3n) is 0. The van der Waals surface area contributed by atoms with Crippen LogP contribution in [0.15, 0.2) is 0 Å². The van der Waals surface area contributed by atoms with Crippen molar-refractivity contribution in [3.05, 3.63) is 0 Å². The predicted molar refractivity (Wildman–Crippen MR) is 6.63 cm³/mol. The number of rotatable bonds is 0. The Bertz CT molecular complexity index is 28.5. The van der Waals surface area contributed by atoms with Crippen molar-refractivity contribution in [1.82, 2.24) is 0 Å². The Morgan fingerprint density at radius 2 is 1.17 bits per heavy atom. The average molecular weight is 177 g/mol. The molecular weight excluding hydrogens is 175 g/mol. The molecule has 0 saturated carbocycles. The Hall–Kier alpha value is 0.559. The summed E-state index contributed by atoms with van der Waals surface area (Å²) in [6, 6.07) is 0. The molecule has 0 fully saturated rings. The SMILES string of the molecule is OO.[Fe].[O]=[Mn]=[O]. The van der Waals surface area contributed by atoms with Gasteiger partial charge in [-0.2, -0.15) is 0 Å². The fourth-order valence-corrected chi connectivity index (χ4v) is 0. The minimum absolute atomic E-state index is 0. The van der Waals surface area contributed by atoms with Crippen LogP contribution in [-0.4, -0.2) is 10.5 Å². The summed E-state index contributed by atoms with van der Waals surface area (Å²) >= 11 is -1.44. The third-order valence-corrected chi connectivity index (χ3v) is 0. The van der Waals surface area contributed by atoms with E-state index in [9.17, 15) is 0 Å². The van der Waals surface area contributed by atoms with E-state index < -0.39 is 14.8 Å². The normalized spacial score (nSPS) is 3.00. The Labute approximate surface area is 50.5 Å². The van der Waals surface area contributed by atoms with Crippen LogP contribution in [0.1, 0.15) is 0 Å². The summed E-state index contributed by atoms with van der Waals surface area (Å²) in [6.07, 6.45) is 0. The van der Waals surface area contributed by atoms with Crippen LogP contribution >= 0.6 is 0 Å². The van der Waals surface area contributed by atoms with Crippen LogP contribution in [0.2, 0.25) is 0 Å². The van der Waals surface area contributed by atoms with E-state index in [0.29, 0.717) is 0 Å². The van der Waals surface area contributed by atoms with Gasteiger partial charge in [0.25, 0.3) is 0 Å². The molecule has 4 nitrogen and oxygen atoms in total. The standard InChI is InChI=1S/Fe.Mn.H2O2.2O/c;;1-2;;/h;;1-2H;;. The van der Waals surface area contributed by atoms with E-state index in [0.717, 1.165) is 0 Å². The molecule has 0 amide bonds. The van der Waals surface area contributed by atoms with E-state index in [1.807, 2.05) is 0 Å². The van der Waals surface area contributed by atoms with Gasteiger partial charge in [-0.25, -0.2) is 0 Å². The van der Waals surface area contributed by atoms with E-state index >= 15 is 0 Å². The van der Waals surface area contributed by atoms with Crippen molar-refractivity contribution in [2.45, 2.75) is 0 Å². The Morgan fingerprint density at radius 1 is 1.17 bits per heavy atom. The van der Waals surface area contributed by atoms with Crippen LogP contribution in [0.3, 0.4) is 0 Å². The Kier molecular flexibility index (Phi) is 127. The zero-order valence-corrected chi connectivity index (χ0v) is 4.73. The maximum absolute atomic E-state index is 8.41. The molecular formula is H2FeMnO4. The zero-order valence-electron chi connectivity index (χ0n) is 2.44. The van der Waals surface area contributed by atoms with E-state index in [1.165, 1.54) is 0 Å². The molecule has 0 heterocycles. The van der Waals surface area contributed by atoms with Crippen LogP contribution in [0, 0.1) is 0 Å². The number of hydrogen-bond donors (Lipinski definition) is 2. The minimum atomic E-state index is -1.44. The van der Waals surface area contributed by atoms with Gasteiger partial charge in [0.05, 0.1) is 0 Å². The van der Waals surface area contributed by atoms with Gasteiger partial charge < -0.3 is 0 Å². The maximum atomic E-state index is 8.41. The molecule has 41 valence electrons. The third kappa shape index (κ3) is 185. The van der Waals surface area contributed by atoms with Gasteiger partial charge in [-0.15, -0.1) is 0 Å². The van der Waals surface area contributed by atoms with E-state index in [2.05, 4.69) is 0 Å². The van der Waals surface area contributed by atoms with Gasteiger partial charge in [0, 0.05) is 17.1 Å². The van der Waals surface area contributed by atoms with Crippen molar-refractivity contribution in [1.29, 1.82) is 0 Å². The van der Waals surface area contributed by atoms with Gasteiger partial charge >= 0.3 is 22.5 Å². The van der Waals surface area contributed by atoms with Crippen molar-refractivity contribution < 1.29 is 50.1 Å². The van der Waals surface area contributed by atoms with Gasteiger partial charge in [0.15, 0.2) is 0 Å². The molecule has 6 heavy (non-hydrogen) atoms. The van der Waals surface area contributed by atoms with Crippen LogP contribution in [0.5, 0.6) is 0 Å². The first-order valence-corrected chi connectivity index (χ1v) is 1.47. The first kappa shape index (κ1) is 16.0. The molecule has 0 spiro atoms. The van der Waals surface area contributed by atoms with Crippen LogP contribution in [0.25, 0.3) is 0 Å². The van der Waals surface area contributed by atoms with Crippen molar-refractivity contribution in [3.63, 3.8) is 0 Å². The molecule has 6 heteroatoms. The first-order chi connectivity index (χ1) is 2.41. The second-order valence-electron chi connectivity index (χ2n) is 0.0630. The molecule has 0 aromatic rings. The summed E-state index contributed by atoms with van der Waals surface area (Å²) in [4.78, 5) is 0. The van der Waals surface area contributed by atoms with Crippen LogP contribution in [0.4, 0.5) is 0 Å². The molecule has 0 bridgehead atoms. The van der Waals surface area contributed by atoms with Gasteiger partial charge in [-0.3, -0.25) is 10.5 Å². The molecule has 0 saturated heterocycles. The van der Waals surface area contributed by atoms with Gasteiger partial charge in [-0.1, -0.05) is 0 Å². The summed E-state index contributed by atoms with van der Waals surface area (Å²) in [5.41, 5.74) is 0. The quantitative estimate of drug-likeness (QED) is 0.304. The molecule has 0 aromatic carbocycles. The van der Waals surface area contributed by atoms with E-state index in [1.54, 1.807) is 0 Å². The second kappa shape index (κ2) is 47.5. The average Bonchev–Trinajstić information content (AvgIpc) is 1.46. The van der Waals surface area contributed by atoms with Crippen LogP contribution < -0.4 is 0 Å². The monoisotopic (exact) mass is 177 g/mol. The van der Waals surface area contributed by atoms with Crippen molar-refractivity contribution >= 4 is 0 Å². The van der Waals surface area contributed by atoms with E-state index in [-0.39, 0.29) is 17.1 Å². The first-order valence-electron chi connectivity index (χ1n) is 0.509. The van der Waals surface area contributed by atoms with Crippen LogP contribution in [-0.2, 0) is 39.6 Å². The molecule has 0 aliphatic rings. The molecule has 0 aromatic heterocycles. The topological polar surface area (TPSA) is 74.6 Å². The van der Waals surface area contributed by atoms with Crippen molar-refractivity contribution in [2.75, 3.05) is 0 Å². The second-order valence-corrected chi connectivity index (χ2v) is 0.260. The summed E-state index contributed by atoms with van der Waals surface area (Å²) in [5.74, 6) is 0. The van der Waals surface area contributed by atoms with E-state index in [4.69, 9.17) is 18.2 Å². The molecule has 0 unspecified atom stereocenters. The molecule has 0 aliphatic heterocycles. The summed E-state index contributed by atoms with van der Waals surface area (Å²) in [5, 5.41) is 12.0. The summed E-state index contributed by atoms with van der Waals surface area (Å²) < 4.78 is 16.8. The fourth-order valence-electron chi connectivity index (χ4n) is 0. The van der Waals surface area contributed by atoms with Crippen molar-refractivity contribution in [2.24, 2.45) is 0 Å². The molecule has 0 rings (SSSR count). The molecule has 2 N–H and O–H groups in total.